The molecule has 19 heavy (non-hydrogen) atoms. The monoisotopic (exact) mass is 260 g/mol. The van der Waals surface area contributed by atoms with Gasteiger partial charge in [0, 0.05) is 18.6 Å². The number of benzene rings is 1. The highest BCUT2D eigenvalue weighted by Gasteiger charge is 2.30. The zero-order valence-corrected chi connectivity index (χ0v) is 12.5. The molecule has 0 radical (unpaired) electrons. The van der Waals surface area contributed by atoms with Gasteiger partial charge in [-0.2, -0.15) is 0 Å². The van der Waals surface area contributed by atoms with Crippen LogP contribution in [0.1, 0.15) is 45.2 Å². The van der Waals surface area contributed by atoms with E-state index in [9.17, 15) is 0 Å². The summed E-state index contributed by atoms with van der Waals surface area (Å²) in [6, 6.07) is 11.1. The van der Waals surface area contributed by atoms with Crippen LogP contribution in [0.4, 0.5) is 0 Å². The van der Waals surface area contributed by atoms with Crippen LogP contribution in [0, 0.1) is 11.8 Å². The first-order chi connectivity index (χ1) is 9.13. The van der Waals surface area contributed by atoms with Gasteiger partial charge < -0.3 is 5.73 Å². The minimum Gasteiger partial charge on any atom is -0.323 e. The number of piperidine rings is 1. The van der Waals surface area contributed by atoms with E-state index in [1.807, 2.05) is 0 Å². The van der Waals surface area contributed by atoms with Crippen LogP contribution in [0.3, 0.4) is 0 Å². The molecule has 2 N–H and O–H groups in total. The van der Waals surface area contributed by atoms with E-state index in [1.54, 1.807) is 0 Å². The molecule has 2 nitrogen and oxygen atoms in total. The van der Waals surface area contributed by atoms with Crippen LogP contribution in [-0.4, -0.2) is 24.0 Å². The standard InChI is InChI=1S/C17H28N2/c1-4-16(17(18)15-8-6-5-7-9-15)19-11-10-13(2)14(3)12-19/h5-9,13-14,16-17H,4,10-12,18H2,1-3H3. The second kappa shape index (κ2) is 6.53. The second-order valence-electron chi connectivity index (χ2n) is 6.15. The van der Waals surface area contributed by atoms with Crippen molar-refractivity contribution < 1.29 is 0 Å². The summed E-state index contributed by atoms with van der Waals surface area (Å²) in [6.45, 7) is 9.40. The molecule has 0 bridgehead atoms. The molecule has 2 heteroatoms. The fraction of sp³-hybridized carbons (Fsp3) is 0.647. The highest BCUT2D eigenvalue weighted by molar-refractivity contribution is 5.20. The summed E-state index contributed by atoms with van der Waals surface area (Å²) in [5.41, 5.74) is 7.78. The van der Waals surface area contributed by atoms with Crippen LogP contribution < -0.4 is 5.73 Å². The normalized spacial score (nSPS) is 28.0. The van der Waals surface area contributed by atoms with Gasteiger partial charge in [0.1, 0.15) is 0 Å². The van der Waals surface area contributed by atoms with Gasteiger partial charge in [-0.15, -0.1) is 0 Å². The molecule has 1 fully saturated rings. The van der Waals surface area contributed by atoms with Gasteiger partial charge in [0.05, 0.1) is 0 Å². The molecule has 0 amide bonds. The van der Waals surface area contributed by atoms with Crippen molar-refractivity contribution in [3.05, 3.63) is 35.9 Å². The Morgan fingerprint density at radius 3 is 2.47 bits per heavy atom. The molecule has 1 saturated heterocycles. The molecule has 0 spiro atoms. The minimum atomic E-state index is 0.131. The lowest BCUT2D eigenvalue weighted by atomic mass is 9.86. The molecule has 1 aromatic carbocycles. The molecule has 1 aliphatic heterocycles. The van der Waals surface area contributed by atoms with E-state index in [1.165, 1.54) is 25.1 Å². The maximum atomic E-state index is 6.52. The molecule has 1 aromatic rings. The number of likely N-dealkylation sites (tertiary alicyclic amines) is 1. The number of nitrogens with zero attached hydrogens (tertiary/aromatic N) is 1. The van der Waals surface area contributed by atoms with Gasteiger partial charge >= 0.3 is 0 Å². The van der Waals surface area contributed by atoms with Crippen molar-refractivity contribution in [1.29, 1.82) is 0 Å². The molecule has 1 aliphatic rings. The lowest BCUT2D eigenvalue weighted by Gasteiger charge is -2.42. The summed E-state index contributed by atoms with van der Waals surface area (Å²) < 4.78 is 0. The van der Waals surface area contributed by atoms with Gasteiger partial charge in [-0.25, -0.2) is 0 Å². The van der Waals surface area contributed by atoms with Crippen LogP contribution in [0.2, 0.25) is 0 Å². The first kappa shape index (κ1) is 14.5. The summed E-state index contributed by atoms with van der Waals surface area (Å²) in [6.07, 6.45) is 2.43. The summed E-state index contributed by atoms with van der Waals surface area (Å²) in [5.74, 6) is 1.63. The van der Waals surface area contributed by atoms with Gasteiger partial charge in [0.25, 0.3) is 0 Å². The van der Waals surface area contributed by atoms with E-state index < -0.39 is 0 Å². The third-order valence-corrected chi connectivity index (χ3v) is 4.85. The second-order valence-corrected chi connectivity index (χ2v) is 6.15. The molecule has 106 valence electrons. The maximum Gasteiger partial charge on any atom is 0.0453 e. The molecular formula is C17H28N2. The Balaban J connectivity index is 2.07. The molecule has 1 heterocycles. The lowest BCUT2D eigenvalue weighted by Crippen LogP contribution is -2.48. The highest BCUT2D eigenvalue weighted by atomic mass is 15.2. The lowest BCUT2D eigenvalue weighted by molar-refractivity contribution is 0.0804. The average molecular weight is 260 g/mol. The van der Waals surface area contributed by atoms with Gasteiger partial charge in [0.2, 0.25) is 0 Å². The summed E-state index contributed by atoms with van der Waals surface area (Å²) in [7, 11) is 0. The van der Waals surface area contributed by atoms with E-state index in [0.29, 0.717) is 6.04 Å². The van der Waals surface area contributed by atoms with E-state index >= 15 is 0 Å². The van der Waals surface area contributed by atoms with Crippen molar-refractivity contribution in [2.24, 2.45) is 17.6 Å². The minimum absolute atomic E-state index is 0.131. The van der Waals surface area contributed by atoms with Gasteiger partial charge in [0.15, 0.2) is 0 Å². The van der Waals surface area contributed by atoms with Gasteiger partial charge in [-0.05, 0) is 36.8 Å². The van der Waals surface area contributed by atoms with Crippen LogP contribution in [0.25, 0.3) is 0 Å². The zero-order valence-electron chi connectivity index (χ0n) is 12.5. The number of hydrogen-bond donors (Lipinski definition) is 1. The summed E-state index contributed by atoms with van der Waals surface area (Å²) in [4.78, 5) is 2.61. The molecule has 4 unspecified atom stereocenters. The van der Waals surface area contributed by atoms with Crippen molar-refractivity contribution in [1.82, 2.24) is 4.90 Å². The fourth-order valence-electron chi connectivity index (χ4n) is 3.23. The Hall–Kier alpha value is -0.860. The number of nitrogens with two attached hydrogens (primary N) is 1. The van der Waals surface area contributed by atoms with Crippen LogP contribution in [-0.2, 0) is 0 Å². The topological polar surface area (TPSA) is 29.3 Å². The molecule has 2 rings (SSSR count). The first-order valence-corrected chi connectivity index (χ1v) is 7.68. The van der Waals surface area contributed by atoms with E-state index in [2.05, 4.69) is 56.0 Å². The molecular weight excluding hydrogens is 232 g/mol. The van der Waals surface area contributed by atoms with Gasteiger partial charge in [-0.3, -0.25) is 4.90 Å². The van der Waals surface area contributed by atoms with Crippen molar-refractivity contribution >= 4 is 0 Å². The first-order valence-electron chi connectivity index (χ1n) is 7.68. The Bertz CT molecular complexity index is 376. The van der Waals surface area contributed by atoms with Crippen LogP contribution >= 0.6 is 0 Å². The SMILES string of the molecule is CCC(C(N)c1ccccc1)N1CCC(C)C(C)C1. The quantitative estimate of drug-likeness (QED) is 0.898. The predicted molar refractivity (Wildman–Crippen MR) is 82.0 cm³/mol. The molecule has 4 atom stereocenters. The number of hydrogen-bond acceptors (Lipinski definition) is 2. The van der Waals surface area contributed by atoms with Gasteiger partial charge in [-0.1, -0.05) is 51.1 Å². The largest absolute Gasteiger partial charge is 0.323 e. The summed E-state index contributed by atoms with van der Waals surface area (Å²) >= 11 is 0. The Labute approximate surface area is 118 Å². The predicted octanol–water partition coefficient (Wildman–Crippen LogP) is 3.44. The Morgan fingerprint density at radius 2 is 1.89 bits per heavy atom. The third kappa shape index (κ3) is 3.37. The van der Waals surface area contributed by atoms with Crippen LogP contribution in [0.5, 0.6) is 0 Å². The smallest absolute Gasteiger partial charge is 0.0453 e. The zero-order chi connectivity index (χ0) is 13.8. The fourth-order valence-corrected chi connectivity index (χ4v) is 3.23. The number of rotatable bonds is 4. The summed E-state index contributed by atoms with van der Waals surface area (Å²) in [5, 5.41) is 0. The van der Waals surface area contributed by atoms with Crippen molar-refractivity contribution in [2.75, 3.05) is 13.1 Å². The van der Waals surface area contributed by atoms with Crippen molar-refractivity contribution in [3.8, 4) is 0 Å². The van der Waals surface area contributed by atoms with E-state index in [-0.39, 0.29) is 6.04 Å². The Kier molecular flexibility index (Phi) is 5.00. The highest BCUT2D eigenvalue weighted by Crippen LogP contribution is 2.28. The maximum absolute atomic E-state index is 6.52. The molecule has 0 aromatic heterocycles. The molecule has 0 saturated carbocycles. The van der Waals surface area contributed by atoms with Crippen LogP contribution in [0.15, 0.2) is 30.3 Å². The average Bonchev–Trinajstić information content (AvgIpc) is 2.44. The Morgan fingerprint density at radius 1 is 1.21 bits per heavy atom. The van der Waals surface area contributed by atoms with E-state index in [4.69, 9.17) is 5.73 Å². The van der Waals surface area contributed by atoms with Crippen molar-refractivity contribution in [3.63, 3.8) is 0 Å². The van der Waals surface area contributed by atoms with E-state index in [0.717, 1.165) is 18.3 Å². The molecule has 0 aliphatic carbocycles. The van der Waals surface area contributed by atoms with Crippen molar-refractivity contribution in [2.45, 2.75) is 45.7 Å². The third-order valence-electron chi connectivity index (χ3n) is 4.85.